The van der Waals surface area contributed by atoms with E-state index in [-0.39, 0.29) is 10.8 Å². The van der Waals surface area contributed by atoms with Gasteiger partial charge in [-0.2, -0.15) is 4.31 Å². The van der Waals surface area contributed by atoms with Crippen molar-refractivity contribution in [1.29, 1.82) is 0 Å². The summed E-state index contributed by atoms with van der Waals surface area (Å²) in [6, 6.07) is 12.7. The highest BCUT2D eigenvalue weighted by Gasteiger charge is 2.39. The topological polar surface area (TPSA) is 93.5 Å². The van der Waals surface area contributed by atoms with E-state index in [0.29, 0.717) is 30.8 Å². The number of rotatable bonds is 6. The lowest BCUT2D eigenvalue weighted by atomic mass is 10.2. The predicted molar refractivity (Wildman–Crippen MR) is 117 cm³/mol. The van der Waals surface area contributed by atoms with Crippen LogP contribution in [0.1, 0.15) is 18.5 Å². The molecule has 4 rings (SSSR count). The molecule has 162 valence electrons. The number of carbonyl (C=O) groups is 1. The van der Waals surface area contributed by atoms with Crippen molar-refractivity contribution in [1.82, 2.24) is 13.9 Å². The van der Waals surface area contributed by atoms with Gasteiger partial charge in [0.2, 0.25) is 15.9 Å². The minimum absolute atomic E-state index is 0.192. The number of aryl methyl sites for hydroxylation is 1. The van der Waals surface area contributed by atoms with Crippen LogP contribution in [0.25, 0.3) is 5.69 Å². The van der Waals surface area contributed by atoms with Crippen molar-refractivity contribution in [3.05, 3.63) is 66.7 Å². The van der Waals surface area contributed by atoms with Crippen LogP contribution >= 0.6 is 0 Å². The van der Waals surface area contributed by atoms with Crippen LogP contribution in [0.5, 0.6) is 5.75 Å². The lowest BCUT2D eigenvalue weighted by molar-refractivity contribution is -0.119. The first-order valence-corrected chi connectivity index (χ1v) is 11.4. The minimum Gasteiger partial charge on any atom is -0.495 e. The third kappa shape index (κ3) is 4.19. The number of ether oxygens (including phenoxy) is 1. The monoisotopic (exact) mass is 440 g/mol. The molecule has 3 aromatic rings. The smallest absolute Gasteiger partial charge is 0.243 e. The Hall–Kier alpha value is -3.17. The number of hydrogen-bond acceptors (Lipinski definition) is 5. The lowest BCUT2D eigenvalue weighted by Gasteiger charge is -2.23. The van der Waals surface area contributed by atoms with E-state index in [1.807, 2.05) is 17.7 Å². The summed E-state index contributed by atoms with van der Waals surface area (Å²) in [6.07, 6.45) is 4.63. The van der Waals surface area contributed by atoms with Gasteiger partial charge >= 0.3 is 0 Å². The molecule has 1 N–H and O–H groups in total. The number of hydrogen-bond donors (Lipinski definition) is 1. The molecule has 0 aliphatic carbocycles. The first-order chi connectivity index (χ1) is 14.9. The summed E-state index contributed by atoms with van der Waals surface area (Å²) in [5.74, 6) is 0.277. The third-order valence-corrected chi connectivity index (χ3v) is 7.21. The third-order valence-electron chi connectivity index (χ3n) is 5.29. The van der Waals surface area contributed by atoms with E-state index in [0.717, 1.165) is 11.4 Å². The second kappa shape index (κ2) is 8.52. The van der Waals surface area contributed by atoms with Crippen LogP contribution in [-0.2, 0) is 14.8 Å². The molecule has 1 saturated heterocycles. The predicted octanol–water partition coefficient (Wildman–Crippen LogP) is 2.98. The highest BCUT2D eigenvalue weighted by molar-refractivity contribution is 7.89. The summed E-state index contributed by atoms with van der Waals surface area (Å²) in [5.41, 5.74) is 2.13. The molecule has 1 fully saturated rings. The Bertz CT molecular complexity index is 1190. The van der Waals surface area contributed by atoms with Gasteiger partial charge in [-0.05, 0) is 50.1 Å². The maximum Gasteiger partial charge on any atom is 0.243 e. The zero-order valence-corrected chi connectivity index (χ0v) is 18.2. The van der Waals surface area contributed by atoms with Crippen LogP contribution in [-0.4, -0.2) is 47.9 Å². The van der Waals surface area contributed by atoms with Crippen molar-refractivity contribution in [2.45, 2.75) is 30.7 Å². The van der Waals surface area contributed by atoms with Crippen molar-refractivity contribution < 1.29 is 17.9 Å². The molecule has 1 aromatic heterocycles. The highest BCUT2D eigenvalue weighted by atomic mass is 32.2. The number of anilines is 1. The van der Waals surface area contributed by atoms with Crippen LogP contribution in [0.3, 0.4) is 0 Å². The number of amides is 1. The number of carbonyl (C=O) groups excluding carboxylic acids is 1. The second-order valence-electron chi connectivity index (χ2n) is 7.39. The van der Waals surface area contributed by atoms with Crippen LogP contribution in [0, 0.1) is 6.92 Å². The molecular formula is C22H24N4O4S. The Kier molecular flexibility index (Phi) is 5.79. The molecule has 1 aliphatic rings. The summed E-state index contributed by atoms with van der Waals surface area (Å²) < 4.78 is 34.6. The van der Waals surface area contributed by atoms with Crippen molar-refractivity contribution in [3.63, 3.8) is 0 Å². The Morgan fingerprint density at radius 2 is 1.97 bits per heavy atom. The van der Waals surface area contributed by atoms with Gasteiger partial charge in [0.1, 0.15) is 11.8 Å². The minimum atomic E-state index is -3.74. The molecule has 0 radical (unpaired) electrons. The van der Waals surface area contributed by atoms with Gasteiger partial charge in [-0.1, -0.05) is 18.2 Å². The van der Waals surface area contributed by atoms with E-state index in [1.54, 1.807) is 62.0 Å². The molecule has 31 heavy (non-hydrogen) atoms. The number of sulfonamides is 1. The number of methoxy groups -OCH3 is 1. The van der Waals surface area contributed by atoms with E-state index in [4.69, 9.17) is 4.74 Å². The first-order valence-electron chi connectivity index (χ1n) is 9.97. The van der Waals surface area contributed by atoms with Gasteiger partial charge in [0.15, 0.2) is 0 Å². The van der Waals surface area contributed by atoms with E-state index < -0.39 is 16.1 Å². The fourth-order valence-electron chi connectivity index (χ4n) is 3.77. The zero-order chi connectivity index (χ0) is 22.0. The molecule has 1 atom stereocenters. The van der Waals surface area contributed by atoms with Gasteiger partial charge in [0.05, 0.1) is 29.7 Å². The maximum absolute atomic E-state index is 13.0. The molecule has 0 spiro atoms. The molecule has 1 unspecified atom stereocenters. The standard InChI is InChI=1S/C22H24N4O4S/c1-16-14-25(15-23-16)20-13-17(10-11-21(20)30-2)24-22(27)19-9-6-12-26(19)31(28,29)18-7-4-3-5-8-18/h3-5,7-8,10-11,13-15,19H,6,9,12H2,1-2H3,(H,24,27). The van der Waals surface area contributed by atoms with Gasteiger partial charge in [-0.15, -0.1) is 0 Å². The first kappa shape index (κ1) is 21.1. The molecule has 9 heteroatoms. The largest absolute Gasteiger partial charge is 0.495 e. The summed E-state index contributed by atoms with van der Waals surface area (Å²) in [5, 5.41) is 2.87. The molecule has 0 bridgehead atoms. The van der Waals surface area contributed by atoms with Gasteiger partial charge in [-0.3, -0.25) is 4.79 Å². The average Bonchev–Trinajstić information content (AvgIpc) is 3.44. The summed E-state index contributed by atoms with van der Waals surface area (Å²) in [4.78, 5) is 17.5. The van der Waals surface area contributed by atoms with Crippen molar-refractivity contribution in [2.75, 3.05) is 19.0 Å². The van der Waals surface area contributed by atoms with E-state index in [2.05, 4.69) is 10.3 Å². The SMILES string of the molecule is COc1ccc(NC(=O)C2CCCN2S(=O)(=O)c2ccccc2)cc1-n1cnc(C)c1. The fraction of sp³-hybridized carbons (Fsp3) is 0.273. The summed E-state index contributed by atoms with van der Waals surface area (Å²) in [7, 11) is -2.17. The van der Waals surface area contributed by atoms with Crippen molar-refractivity contribution in [2.24, 2.45) is 0 Å². The Balaban J connectivity index is 1.58. The van der Waals surface area contributed by atoms with Crippen LogP contribution in [0.2, 0.25) is 0 Å². The number of nitrogens with zero attached hydrogens (tertiary/aromatic N) is 3. The van der Waals surface area contributed by atoms with Crippen molar-refractivity contribution >= 4 is 21.6 Å². The summed E-state index contributed by atoms with van der Waals surface area (Å²) >= 11 is 0. The number of benzene rings is 2. The molecule has 2 aromatic carbocycles. The zero-order valence-electron chi connectivity index (χ0n) is 17.4. The molecule has 1 amide bonds. The molecule has 1 aliphatic heterocycles. The summed E-state index contributed by atoms with van der Waals surface area (Å²) in [6.45, 7) is 2.20. The molecule has 2 heterocycles. The Labute approximate surface area is 181 Å². The number of imidazole rings is 1. The van der Waals surface area contributed by atoms with Crippen LogP contribution in [0.15, 0.2) is 66.0 Å². The quantitative estimate of drug-likeness (QED) is 0.636. The van der Waals surface area contributed by atoms with Crippen LogP contribution < -0.4 is 10.1 Å². The maximum atomic E-state index is 13.0. The molecule has 0 saturated carbocycles. The van der Waals surface area contributed by atoms with E-state index in [9.17, 15) is 13.2 Å². The Morgan fingerprint density at radius 3 is 2.65 bits per heavy atom. The van der Waals surface area contributed by atoms with Crippen LogP contribution in [0.4, 0.5) is 5.69 Å². The van der Waals surface area contributed by atoms with Gasteiger partial charge in [0, 0.05) is 18.4 Å². The van der Waals surface area contributed by atoms with Gasteiger partial charge in [-0.25, -0.2) is 13.4 Å². The van der Waals surface area contributed by atoms with Crippen molar-refractivity contribution in [3.8, 4) is 11.4 Å². The highest BCUT2D eigenvalue weighted by Crippen LogP contribution is 2.29. The Morgan fingerprint density at radius 1 is 1.19 bits per heavy atom. The number of nitrogens with one attached hydrogen (secondary N) is 1. The fourth-order valence-corrected chi connectivity index (χ4v) is 5.44. The van der Waals surface area contributed by atoms with E-state index >= 15 is 0 Å². The van der Waals surface area contributed by atoms with Gasteiger partial charge < -0.3 is 14.6 Å². The average molecular weight is 441 g/mol. The van der Waals surface area contributed by atoms with E-state index in [1.165, 1.54) is 4.31 Å². The molecular weight excluding hydrogens is 416 g/mol. The normalized spacial score (nSPS) is 16.9. The number of aromatic nitrogens is 2. The van der Waals surface area contributed by atoms with Gasteiger partial charge in [0.25, 0.3) is 0 Å². The second-order valence-corrected chi connectivity index (χ2v) is 9.28. The molecule has 8 nitrogen and oxygen atoms in total. The lowest BCUT2D eigenvalue weighted by Crippen LogP contribution is -2.43.